The van der Waals surface area contributed by atoms with Gasteiger partial charge in [-0.25, -0.2) is 4.79 Å². The molecule has 4 atom stereocenters. The number of carboxylic acids is 1. The van der Waals surface area contributed by atoms with Crippen LogP contribution in [-0.2, 0) is 36.8 Å². The molecule has 13 nitrogen and oxygen atoms in total. The number of aliphatic carboxylic acids is 1. The molecule has 0 spiro atoms. The Hall–Kier alpha value is -4.91. The molecule has 1 aliphatic heterocycles. The van der Waals surface area contributed by atoms with Gasteiger partial charge in [0.25, 0.3) is 0 Å². The number of aromatic amines is 1. The summed E-state index contributed by atoms with van der Waals surface area (Å²) < 4.78 is 0. The first-order chi connectivity index (χ1) is 20.0. The Labute approximate surface area is 241 Å². The smallest absolute Gasteiger partial charge is 0.326 e. The SMILES string of the molecule is NC(=O)CC(NC(=O)C(N)Cc1ccc(O)cc1)C(=O)N1CCCC1C(=O)NC(Cc1c[nH]c2ccccc12)C(=O)O. The van der Waals surface area contributed by atoms with Crippen LogP contribution in [-0.4, -0.2) is 80.4 Å². The number of aromatic hydroxyl groups is 1. The molecule has 0 radical (unpaired) electrons. The predicted molar refractivity (Wildman–Crippen MR) is 152 cm³/mol. The lowest BCUT2D eigenvalue weighted by molar-refractivity contribution is -0.145. The highest BCUT2D eigenvalue weighted by Gasteiger charge is 2.39. The van der Waals surface area contributed by atoms with Crippen LogP contribution < -0.4 is 22.1 Å². The van der Waals surface area contributed by atoms with Crippen LogP contribution in [0.25, 0.3) is 10.9 Å². The first-order valence-electron chi connectivity index (χ1n) is 13.5. The maximum absolute atomic E-state index is 13.5. The molecule has 2 heterocycles. The van der Waals surface area contributed by atoms with Crippen molar-refractivity contribution in [2.75, 3.05) is 6.54 Å². The number of primary amides is 1. The molecule has 222 valence electrons. The van der Waals surface area contributed by atoms with E-state index in [-0.39, 0.29) is 31.6 Å². The van der Waals surface area contributed by atoms with Gasteiger partial charge in [0.05, 0.1) is 12.5 Å². The molecule has 42 heavy (non-hydrogen) atoms. The summed E-state index contributed by atoms with van der Waals surface area (Å²) in [6.45, 7) is 0.168. The van der Waals surface area contributed by atoms with E-state index >= 15 is 0 Å². The fraction of sp³-hybridized carbons (Fsp3) is 0.345. The normalized spacial score (nSPS) is 16.9. The van der Waals surface area contributed by atoms with Crippen LogP contribution in [0.4, 0.5) is 0 Å². The van der Waals surface area contributed by atoms with Gasteiger partial charge in [-0.1, -0.05) is 30.3 Å². The number of para-hydroxylation sites is 1. The Kier molecular flexibility index (Phi) is 9.42. The first-order valence-corrected chi connectivity index (χ1v) is 13.5. The number of H-pyrrole nitrogens is 1. The van der Waals surface area contributed by atoms with Crippen molar-refractivity contribution < 1.29 is 34.2 Å². The number of benzene rings is 2. The molecule has 0 aliphatic carbocycles. The molecule has 1 saturated heterocycles. The molecule has 0 bridgehead atoms. The van der Waals surface area contributed by atoms with E-state index in [2.05, 4.69) is 15.6 Å². The van der Waals surface area contributed by atoms with E-state index in [4.69, 9.17) is 11.5 Å². The summed E-state index contributed by atoms with van der Waals surface area (Å²) in [5.74, 6) is -4.06. The fourth-order valence-corrected chi connectivity index (χ4v) is 5.15. The second-order valence-electron chi connectivity index (χ2n) is 10.4. The number of nitrogens with zero attached hydrogens (tertiary/aromatic N) is 1. The van der Waals surface area contributed by atoms with Gasteiger partial charge >= 0.3 is 5.97 Å². The van der Waals surface area contributed by atoms with E-state index in [9.17, 15) is 34.2 Å². The third kappa shape index (κ3) is 7.23. The molecule has 3 aromatic rings. The van der Waals surface area contributed by atoms with Gasteiger partial charge in [0.2, 0.25) is 23.6 Å². The number of nitrogens with two attached hydrogens (primary N) is 2. The standard InChI is InChI=1S/C29H34N6O7/c30-20(12-16-7-9-18(36)10-8-16)26(38)33-22(14-25(31)37)28(40)35-11-3-6-24(35)27(39)34-23(29(41)42)13-17-15-32-21-5-2-1-4-19(17)21/h1-2,4-5,7-10,15,20,22-24,32,36H,3,6,11-14,30H2,(H2,31,37)(H,33,38)(H,34,39)(H,41,42). The monoisotopic (exact) mass is 578 g/mol. The van der Waals surface area contributed by atoms with E-state index in [0.717, 1.165) is 10.9 Å². The van der Waals surface area contributed by atoms with Gasteiger partial charge in [-0.2, -0.15) is 0 Å². The number of likely N-dealkylation sites (tertiary alicyclic amines) is 1. The summed E-state index contributed by atoms with van der Waals surface area (Å²) in [5.41, 5.74) is 13.6. The van der Waals surface area contributed by atoms with Crippen LogP contribution in [0.2, 0.25) is 0 Å². The topological polar surface area (TPSA) is 221 Å². The Morgan fingerprint density at radius 3 is 2.40 bits per heavy atom. The van der Waals surface area contributed by atoms with Crippen molar-refractivity contribution in [1.29, 1.82) is 0 Å². The Balaban J connectivity index is 1.43. The zero-order chi connectivity index (χ0) is 30.4. The van der Waals surface area contributed by atoms with Crippen molar-refractivity contribution in [3.63, 3.8) is 0 Å². The van der Waals surface area contributed by atoms with E-state index in [1.54, 1.807) is 18.3 Å². The quantitative estimate of drug-likeness (QED) is 0.153. The largest absolute Gasteiger partial charge is 0.508 e. The Bertz CT molecular complexity index is 1470. The van der Waals surface area contributed by atoms with E-state index in [0.29, 0.717) is 17.5 Å². The number of fused-ring (bicyclic) bond motifs is 1. The number of amides is 4. The van der Waals surface area contributed by atoms with Crippen LogP contribution in [0, 0.1) is 0 Å². The molecule has 1 aromatic heterocycles. The number of rotatable bonds is 12. The van der Waals surface area contributed by atoms with E-state index < -0.39 is 60.2 Å². The highest BCUT2D eigenvalue weighted by Crippen LogP contribution is 2.22. The summed E-state index contributed by atoms with van der Waals surface area (Å²) in [7, 11) is 0. The van der Waals surface area contributed by atoms with Crippen molar-refractivity contribution in [2.45, 2.75) is 56.3 Å². The highest BCUT2D eigenvalue weighted by atomic mass is 16.4. The minimum absolute atomic E-state index is 0.0189. The van der Waals surface area contributed by atoms with Crippen LogP contribution in [0.3, 0.4) is 0 Å². The van der Waals surface area contributed by atoms with E-state index in [1.165, 1.54) is 17.0 Å². The van der Waals surface area contributed by atoms with Gasteiger partial charge in [0, 0.05) is 30.1 Å². The minimum Gasteiger partial charge on any atom is -0.508 e. The van der Waals surface area contributed by atoms with Crippen molar-refractivity contribution >= 4 is 40.5 Å². The van der Waals surface area contributed by atoms with Gasteiger partial charge in [0.15, 0.2) is 0 Å². The van der Waals surface area contributed by atoms with Crippen molar-refractivity contribution in [1.82, 2.24) is 20.5 Å². The second-order valence-corrected chi connectivity index (χ2v) is 10.4. The molecule has 0 saturated carbocycles. The lowest BCUT2D eigenvalue weighted by atomic mass is 10.0. The molecule has 2 aromatic carbocycles. The minimum atomic E-state index is -1.37. The predicted octanol–water partition coefficient (Wildman–Crippen LogP) is -0.0934. The summed E-state index contributed by atoms with van der Waals surface area (Å²) in [4.78, 5) is 67.8. The maximum atomic E-state index is 13.5. The van der Waals surface area contributed by atoms with Gasteiger partial charge in [0.1, 0.15) is 23.9 Å². The van der Waals surface area contributed by atoms with Gasteiger partial charge in [-0.3, -0.25) is 19.2 Å². The molecular formula is C29H34N6O7. The number of nitrogens with one attached hydrogen (secondary N) is 3. The third-order valence-corrected chi connectivity index (χ3v) is 7.30. The Morgan fingerprint density at radius 1 is 1.00 bits per heavy atom. The molecule has 4 rings (SSSR count). The number of aromatic nitrogens is 1. The number of carbonyl (C=O) groups is 5. The van der Waals surface area contributed by atoms with Gasteiger partial charge in [-0.05, 0) is 48.6 Å². The lowest BCUT2D eigenvalue weighted by Gasteiger charge is -2.29. The van der Waals surface area contributed by atoms with Crippen LogP contribution in [0.1, 0.15) is 30.4 Å². The molecule has 1 aliphatic rings. The summed E-state index contributed by atoms with van der Waals surface area (Å²) in [6.07, 6.45) is 2.04. The average molecular weight is 579 g/mol. The number of phenolic OH excluding ortho intramolecular Hbond substituents is 1. The number of phenols is 1. The molecular weight excluding hydrogens is 544 g/mol. The number of carbonyl (C=O) groups excluding carboxylic acids is 4. The summed E-state index contributed by atoms with van der Waals surface area (Å²) in [5, 5.41) is 25.2. The zero-order valence-corrected chi connectivity index (χ0v) is 22.8. The summed E-state index contributed by atoms with van der Waals surface area (Å²) >= 11 is 0. The highest BCUT2D eigenvalue weighted by molar-refractivity contribution is 5.96. The lowest BCUT2D eigenvalue weighted by Crippen LogP contribution is -2.57. The Morgan fingerprint density at radius 2 is 1.71 bits per heavy atom. The third-order valence-electron chi connectivity index (χ3n) is 7.30. The van der Waals surface area contributed by atoms with Crippen LogP contribution >= 0.6 is 0 Å². The van der Waals surface area contributed by atoms with E-state index in [1.807, 2.05) is 24.3 Å². The summed E-state index contributed by atoms with van der Waals surface area (Å²) in [6, 6.07) is 8.80. The van der Waals surface area contributed by atoms with Gasteiger partial charge in [-0.15, -0.1) is 0 Å². The fourth-order valence-electron chi connectivity index (χ4n) is 5.15. The van der Waals surface area contributed by atoms with Crippen LogP contribution in [0.15, 0.2) is 54.7 Å². The molecule has 13 heteroatoms. The molecule has 9 N–H and O–H groups in total. The molecule has 1 fully saturated rings. The first kappa shape index (κ1) is 30.1. The van der Waals surface area contributed by atoms with Crippen molar-refractivity contribution in [2.24, 2.45) is 11.5 Å². The molecule has 4 amide bonds. The maximum Gasteiger partial charge on any atom is 0.326 e. The van der Waals surface area contributed by atoms with Crippen molar-refractivity contribution in [3.05, 3.63) is 65.9 Å². The van der Waals surface area contributed by atoms with Gasteiger partial charge < -0.3 is 42.2 Å². The van der Waals surface area contributed by atoms with Crippen molar-refractivity contribution in [3.8, 4) is 5.75 Å². The molecule has 4 unspecified atom stereocenters. The average Bonchev–Trinajstić information content (AvgIpc) is 3.60. The number of hydrogen-bond acceptors (Lipinski definition) is 7. The zero-order valence-electron chi connectivity index (χ0n) is 22.8. The van der Waals surface area contributed by atoms with Crippen LogP contribution in [0.5, 0.6) is 5.75 Å². The number of hydrogen-bond donors (Lipinski definition) is 7. The number of carboxylic acid groups (broad SMARTS) is 1. The second kappa shape index (κ2) is 13.2.